The van der Waals surface area contributed by atoms with E-state index in [1.807, 2.05) is 23.5 Å². The molecule has 0 aliphatic carbocycles. The van der Waals surface area contributed by atoms with E-state index in [4.69, 9.17) is 11.6 Å². The van der Waals surface area contributed by atoms with Gasteiger partial charge in [-0.15, -0.1) is 23.1 Å². The van der Waals surface area contributed by atoms with Crippen molar-refractivity contribution in [1.29, 1.82) is 0 Å². The molecule has 0 aliphatic rings. The number of fused-ring (bicyclic) bond motifs is 3. The molecule has 0 unspecified atom stereocenters. The standard InChI is InChI=1S/C19H13ClS2/c1-21-19-13(8-4-9-15(19)20)12-7-5-11-17-18(12)14-6-2-3-10-16(14)22-17/h2-11H,1H3. The maximum atomic E-state index is 6.40. The number of hydrogen-bond donors (Lipinski definition) is 0. The van der Waals surface area contributed by atoms with Crippen LogP contribution in [0.4, 0.5) is 0 Å². The third kappa shape index (κ3) is 2.14. The molecule has 0 amide bonds. The molecule has 22 heavy (non-hydrogen) atoms. The third-order valence-corrected chi connectivity index (χ3v) is 6.27. The van der Waals surface area contributed by atoms with Crippen LogP contribution in [0.25, 0.3) is 31.3 Å². The number of benzene rings is 3. The van der Waals surface area contributed by atoms with Gasteiger partial charge in [0.25, 0.3) is 0 Å². The van der Waals surface area contributed by atoms with Crippen molar-refractivity contribution in [2.45, 2.75) is 4.90 Å². The van der Waals surface area contributed by atoms with E-state index in [1.165, 1.54) is 31.3 Å². The molecule has 3 heteroatoms. The van der Waals surface area contributed by atoms with Crippen LogP contribution < -0.4 is 0 Å². The fourth-order valence-corrected chi connectivity index (χ4v) is 5.13. The molecule has 1 aromatic heterocycles. The maximum absolute atomic E-state index is 6.40. The van der Waals surface area contributed by atoms with Crippen LogP contribution in [0.3, 0.4) is 0 Å². The van der Waals surface area contributed by atoms with E-state index in [0.29, 0.717) is 0 Å². The van der Waals surface area contributed by atoms with E-state index in [-0.39, 0.29) is 0 Å². The van der Waals surface area contributed by atoms with E-state index < -0.39 is 0 Å². The molecular weight excluding hydrogens is 328 g/mol. The predicted octanol–water partition coefficient (Wildman–Crippen LogP) is 7.10. The van der Waals surface area contributed by atoms with Gasteiger partial charge in [-0.05, 0) is 35.6 Å². The molecule has 0 N–H and O–H groups in total. The monoisotopic (exact) mass is 340 g/mol. The largest absolute Gasteiger partial charge is 0.135 e. The first-order valence-corrected chi connectivity index (χ1v) is 9.44. The van der Waals surface area contributed by atoms with Crippen molar-refractivity contribution in [2.24, 2.45) is 0 Å². The van der Waals surface area contributed by atoms with E-state index in [1.54, 1.807) is 11.8 Å². The Kier molecular flexibility index (Phi) is 3.61. The van der Waals surface area contributed by atoms with Crippen molar-refractivity contribution in [3.05, 3.63) is 65.7 Å². The number of rotatable bonds is 2. The summed E-state index contributed by atoms with van der Waals surface area (Å²) in [5.74, 6) is 0. The Labute approximate surface area is 142 Å². The van der Waals surface area contributed by atoms with Crippen LogP contribution in [0.15, 0.2) is 65.6 Å². The highest BCUT2D eigenvalue weighted by Crippen LogP contribution is 2.43. The Hall–Kier alpha value is -1.48. The van der Waals surface area contributed by atoms with Crippen LogP contribution in [0, 0.1) is 0 Å². The molecule has 0 bridgehead atoms. The Morgan fingerprint density at radius 1 is 0.818 bits per heavy atom. The molecule has 4 aromatic rings. The van der Waals surface area contributed by atoms with E-state index in [2.05, 4.69) is 54.8 Å². The molecule has 0 nitrogen and oxygen atoms in total. The highest BCUT2D eigenvalue weighted by atomic mass is 35.5. The summed E-state index contributed by atoms with van der Waals surface area (Å²) < 4.78 is 2.66. The predicted molar refractivity (Wildman–Crippen MR) is 102 cm³/mol. The van der Waals surface area contributed by atoms with Gasteiger partial charge in [0, 0.05) is 25.1 Å². The second-order valence-electron chi connectivity index (χ2n) is 5.10. The maximum Gasteiger partial charge on any atom is 0.0548 e. The zero-order chi connectivity index (χ0) is 15.1. The van der Waals surface area contributed by atoms with Gasteiger partial charge < -0.3 is 0 Å². The molecule has 4 rings (SSSR count). The lowest BCUT2D eigenvalue weighted by atomic mass is 9.99. The first-order valence-electron chi connectivity index (χ1n) is 7.02. The average molecular weight is 341 g/mol. The number of thiophene rings is 1. The van der Waals surface area contributed by atoms with Gasteiger partial charge in [0.15, 0.2) is 0 Å². The first kappa shape index (κ1) is 14.1. The topological polar surface area (TPSA) is 0 Å². The average Bonchev–Trinajstić information content (AvgIpc) is 2.93. The van der Waals surface area contributed by atoms with Gasteiger partial charge in [0.05, 0.1) is 5.02 Å². The molecule has 108 valence electrons. The normalized spacial score (nSPS) is 11.4. The van der Waals surface area contributed by atoms with Gasteiger partial charge in [0.2, 0.25) is 0 Å². The minimum Gasteiger partial charge on any atom is -0.135 e. The van der Waals surface area contributed by atoms with Gasteiger partial charge in [0.1, 0.15) is 0 Å². The molecule has 0 saturated carbocycles. The van der Waals surface area contributed by atoms with Gasteiger partial charge in [-0.2, -0.15) is 0 Å². The zero-order valence-electron chi connectivity index (χ0n) is 12.0. The minimum absolute atomic E-state index is 0.821. The van der Waals surface area contributed by atoms with E-state index in [0.717, 1.165) is 9.92 Å². The Morgan fingerprint density at radius 2 is 1.55 bits per heavy atom. The Bertz CT molecular complexity index is 985. The lowest BCUT2D eigenvalue weighted by Crippen LogP contribution is -1.84. The molecule has 3 aromatic carbocycles. The Balaban J connectivity index is 2.14. The first-order chi connectivity index (χ1) is 10.8. The zero-order valence-corrected chi connectivity index (χ0v) is 14.4. The molecule has 0 spiro atoms. The summed E-state index contributed by atoms with van der Waals surface area (Å²) in [6.45, 7) is 0. The molecule has 0 fully saturated rings. The number of hydrogen-bond acceptors (Lipinski definition) is 2. The van der Waals surface area contributed by atoms with E-state index >= 15 is 0 Å². The summed E-state index contributed by atoms with van der Waals surface area (Å²) in [5.41, 5.74) is 2.48. The summed E-state index contributed by atoms with van der Waals surface area (Å²) in [7, 11) is 0. The van der Waals surface area contributed by atoms with Crippen molar-refractivity contribution in [3.8, 4) is 11.1 Å². The summed E-state index contributed by atoms with van der Waals surface area (Å²) in [6, 6.07) is 21.3. The second kappa shape index (κ2) is 5.62. The number of thioether (sulfide) groups is 1. The van der Waals surface area contributed by atoms with Gasteiger partial charge in [-0.3, -0.25) is 0 Å². The van der Waals surface area contributed by atoms with Crippen LogP contribution in [-0.2, 0) is 0 Å². The van der Waals surface area contributed by atoms with Gasteiger partial charge in [-0.25, -0.2) is 0 Å². The van der Waals surface area contributed by atoms with Crippen LogP contribution in [0.1, 0.15) is 0 Å². The fraction of sp³-hybridized carbons (Fsp3) is 0.0526. The fourth-order valence-electron chi connectivity index (χ4n) is 2.93. The number of halogens is 1. The molecule has 0 atom stereocenters. The van der Waals surface area contributed by atoms with Crippen molar-refractivity contribution >= 4 is 54.9 Å². The lowest BCUT2D eigenvalue weighted by molar-refractivity contribution is 1.46. The van der Waals surface area contributed by atoms with Gasteiger partial charge >= 0.3 is 0 Å². The minimum atomic E-state index is 0.821. The van der Waals surface area contributed by atoms with Crippen molar-refractivity contribution in [2.75, 3.05) is 6.26 Å². The van der Waals surface area contributed by atoms with Crippen LogP contribution in [0.5, 0.6) is 0 Å². The van der Waals surface area contributed by atoms with Crippen molar-refractivity contribution < 1.29 is 0 Å². The van der Waals surface area contributed by atoms with Gasteiger partial charge in [-0.1, -0.05) is 54.1 Å². The smallest absolute Gasteiger partial charge is 0.0548 e. The third-order valence-electron chi connectivity index (χ3n) is 3.86. The van der Waals surface area contributed by atoms with Crippen LogP contribution in [0.2, 0.25) is 5.02 Å². The summed E-state index contributed by atoms with van der Waals surface area (Å²) in [6.07, 6.45) is 2.08. The van der Waals surface area contributed by atoms with Crippen LogP contribution >= 0.6 is 34.7 Å². The van der Waals surface area contributed by atoms with E-state index in [9.17, 15) is 0 Å². The summed E-state index contributed by atoms with van der Waals surface area (Å²) in [5, 5.41) is 3.48. The molecule has 0 saturated heterocycles. The second-order valence-corrected chi connectivity index (χ2v) is 7.41. The SMILES string of the molecule is CSc1c(Cl)cccc1-c1cccc2sc3ccccc3c12. The van der Waals surface area contributed by atoms with Crippen molar-refractivity contribution in [3.63, 3.8) is 0 Å². The molecule has 0 aliphatic heterocycles. The quantitative estimate of drug-likeness (QED) is 0.351. The van der Waals surface area contributed by atoms with Crippen molar-refractivity contribution in [1.82, 2.24) is 0 Å². The van der Waals surface area contributed by atoms with Crippen LogP contribution in [-0.4, -0.2) is 6.26 Å². The molecule has 0 radical (unpaired) electrons. The molecule has 1 heterocycles. The highest BCUT2D eigenvalue weighted by molar-refractivity contribution is 7.98. The summed E-state index contributed by atoms with van der Waals surface area (Å²) in [4.78, 5) is 1.15. The Morgan fingerprint density at radius 3 is 2.41 bits per heavy atom. The summed E-state index contributed by atoms with van der Waals surface area (Å²) >= 11 is 9.96. The highest BCUT2D eigenvalue weighted by Gasteiger charge is 2.14. The lowest BCUT2D eigenvalue weighted by Gasteiger charge is -2.11. The molecular formula is C19H13ClS2.